The van der Waals surface area contributed by atoms with Crippen LogP contribution in [0.5, 0.6) is 0 Å². The number of morpholine rings is 1. The van der Waals surface area contributed by atoms with Crippen molar-refractivity contribution in [3.8, 4) is 0 Å². The van der Waals surface area contributed by atoms with E-state index in [-0.39, 0.29) is 23.2 Å². The van der Waals surface area contributed by atoms with E-state index in [2.05, 4.69) is 14.6 Å². The molecule has 1 aromatic carbocycles. The summed E-state index contributed by atoms with van der Waals surface area (Å²) in [7, 11) is -3.59. The lowest BCUT2D eigenvalue weighted by Gasteiger charge is -2.35. The number of sulfonamides is 1. The largest absolute Gasteiger partial charge is 0.378 e. The van der Waals surface area contributed by atoms with Crippen molar-refractivity contribution < 1.29 is 17.9 Å². The Kier molecular flexibility index (Phi) is 6.99. The summed E-state index contributed by atoms with van der Waals surface area (Å²) in [5, 5.41) is 5.56. The van der Waals surface area contributed by atoms with Crippen LogP contribution in [0.2, 0.25) is 10.2 Å². The molecule has 2 saturated heterocycles. The number of fused-ring (bicyclic) bond motifs is 1. The van der Waals surface area contributed by atoms with Crippen LogP contribution in [0.4, 0.5) is 11.5 Å². The average Bonchev–Trinajstić information content (AvgIpc) is 3.28. The second-order valence-corrected chi connectivity index (χ2v) is 11.5. The third kappa shape index (κ3) is 5.24. The molecule has 3 aromatic rings. The van der Waals surface area contributed by atoms with Gasteiger partial charge in [0.1, 0.15) is 11.0 Å². The van der Waals surface area contributed by atoms with Crippen LogP contribution in [0, 0.1) is 0 Å². The molecule has 0 spiro atoms. The minimum Gasteiger partial charge on any atom is -0.378 e. The van der Waals surface area contributed by atoms with Crippen molar-refractivity contribution in [2.24, 2.45) is 0 Å². The molecule has 13 heteroatoms. The summed E-state index contributed by atoms with van der Waals surface area (Å²) >= 11 is 12.5. The van der Waals surface area contributed by atoms with E-state index in [4.69, 9.17) is 33.0 Å². The van der Waals surface area contributed by atoms with Gasteiger partial charge in [-0.25, -0.2) is 13.4 Å². The third-order valence-corrected chi connectivity index (χ3v) is 7.36. The van der Waals surface area contributed by atoms with Gasteiger partial charge in [0.25, 0.3) is 5.91 Å². The molecule has 4 heterocycles. The number of nitrogens with one attached hydrogen (secondary N) is 1. The molecule has 0 bridgehead atoms. The molecule has 10 nitrogen and oxygen atoms in total. The summed E-state index contributed by atoms with van der Waals surface area (Å²) < 4.78 is 33.5. The number of ether oxygens (including phenoxy) is 1. The normalized spacial score (nSPS) is 19.0. The van der Waals surface area contributed by atoms with Gasteiger partial charge in [-0.2, -0.15) is 9.61 Å². The van der Waals surface area contributed by atoms with E-state index in [1.54, 1.807) is 21.5 Å². The summed E-state index contributed by atoms with van der Waals surface area (Å²) in [5.74, 6) is 0.507. The van der Waals surface area contributed by atoms with Crippen LogP contribution in [-0.2, 0) is 14.8 Å². The second kappa shape index (κ2) is 10.0. The van der Waals surface area contributed by atoms with Gasteiger partial charge in [0.05, 0.1) is 42.5 Å². The first-order chi connectivity index (χ1) is 17.2. The number of hydrogen-bond donors (Lipinski definition) is 1. The zero-order valence-electron chi connectivity index (χ0n) is 19.7. The number of amides is 1. The Morgan fingerprint density at radius 3 is 2.64 bits per heavy atom. The van der Waals surface area contributed by atoms with Gasteiger partial charge in [0.2, 0.25) is 10.0 Å². The molecule has 2 aliphatic rings. The van der Waals surface area contributed by atoms with Gasteiger partial charge >= 0.3 is 0 Å². The van der Waals surface area contributed by atoms with Crippen molar-refractivity contribution in [3.05, 3.63) is 51.8 Å². The van der Waals surface area contributed by atoms with E-state index >= 15 is 0 Å². The Morgan fingerprint density at radius 2 is 1.89 bits per heavy atom. The minimum atomic E-state index is -3.59. The lowest BCUT2D eigenvalue weighted by molar-refractivity contribution is 0.0607. The summed E-state index contributed by atoms with van der Waals surface area (Å²) in [6, 6.07) is 7.87. The second-order valence-electron chi connectivity index (χ2n) is 8.95. The smallest absolute Gasteiger partial charge is 0.256 e. The maximum absolute atomic E-state index is 13.8. The van der Waals surface area contributed by atoms with Gasteiger partial charge in [0.15, 0.2) is 5.65 Å². The fraction of sp³-hybridized carbons (Fsp3) is 0.435. The number of carbonyl (C=O) groups is 1. The van der Waals surface area contributed by atoms with E-state index in [1.807, 2.05) is 6.07 Å². The maximum Gasteiger partial charge on any atom is 0.256 e. The fourth-order valence-corrected chi connectivity index (χ4v) is 5.68. The van der Waals surface area contributed by atoms with E-state index in [9.17, 15) is 13.2 Å². The SMILES string of the molecule is CS(=O)(=O)Nc1ccc(Cl)cc1C(=O)N1CCCCC1c1cc2nc(Cl)cc(N3CCOCC3)n2n1. The first-order valence-electron chi connectivity index (χ1n) is 11.7. The highest BCUT2D eigenvalue weighted by Crippen LogP contribution is 2.35. The summed E-state index contributed by atoms with van der Waals surface area (Å²) in [6.45, 7) is 3.16. The van der Waals surface area contributed by atoms with Crippen molar-refractivity contribution >= 4 is 56.3 Å². The van der Waals surface area contributed by atoms with Gasteiger partial charge in [-0.1, -0.05) is 23.2 Å². The molecule has 0 radical (unpaired) electrons. The van der Waals surface area contributed by atoms with Gasteiger partial charge in [-0.15, -0.1) is 0 Å². The van der Waals surface area contributed by atoms with Gasteiger partial charge < -0.3 is 14.5 Å². The van der Waals surface area contributed by atoms with Crippen molar-refractivity contribution in [1.29, 1.82) is 0 Å². The molecular formula is C23H26Cl2N6O4S. The Labute approximate surface area is 219 Å². The molecule has 2 aromatic heterocycles. The molecule has 1 N–H and O–H groups in total. The zero-order valence-corrected chi connectivity index (χ0v) is 22.0. The number of piperidine rings is 1. The molecule has 1 atom stereocenters. The molecule has 2 aliphatic heterocycles. The number of benzene rings is 1. The Bertz CT molecular complexity index is 1410. The van der Waals surface area contributed by atoms with Crippen molar-refractivity contribution in [1.82, 2.24) is 19.5 Å². The average molecular weight is 553 g/mol. The number of likely N-dealkylation sites (tertiary alicyclic amines) is 1. The van der Waals surface area contributed by atoms with Crippen LogP contribution in [-0.4, -0.2) is 72.9 Å². The molecule has 1 unspecified atom stereocenters. The number of nitrogens with zero attached hydrogens (tertiary/aromatic N) is 5. The number of anilines is 2. The first kappa shape index (κ1) is 25.1. The number of carbonyl (C=O) groups excluding carboxylic acids is 1. The zero-order chi connectivity index (χ0) is 25.4. The molecule has 36 heavy (non-hydrogen) atoms. The minimum absolute atomic E-state index is 0.189. The maximum atomic E-state index is 13.8. The topological polar surface area (TPSA) is 109 Å². The summed E-state index contributed by atoms with van der Waals surface area (Å²) in [5.41, 5.74) is 1.68. The highest BCUT2D eigenvalue weighted by atomic mass is 35.5. The lowest BCUT2D eigenvalue weighted by Crippen LogP contribution is -2.39. The summed E-state index contributed by atoms with van der Waals surface area (Å²) in [6.07, 6.45) is 3.51. The monoisotopic (exact) mass is 552 g/mol. The summed E-state index contributed by atoms with van der Waals surface area (Å²) in [4.78, 5) is 22.1. The highest BCUT2D eigenvalue weighted by Gasteiger charge is 2.32. The molecule has 2 fully saturated rings. The van der Waals surface area contributed by atoms with Crippen LogP contribution in [0.1, 0.15) is 41.4 Å². The molecule has 0 aliphatic carbocycles. The quantitative estimate of drug-likeness (QED) is 0.481. The predicted molar refractivity (Wildman–Crippen MR) is 139 cm³/mol. The number of halogens is 2. The molecule has 0 saturated carbocycles. The van der Waals surface area contributed by atoms with Gasteiger partial charge in [0, 0.05) is 36.8 Å². The van der Waals surface area contributed by atoms with Crippen molar-refractivity contribution in [2.45, 2.75) is 25.3 Å². The first-order valence-corrected chi connectivity index (χ1v) is 14.3. The van der Waals surface area contributed by atoms with E-state index < -0.39 is 10.0 Å². The number of rotatable bonds is 5. The molecular weight excluding hydrogens is 527 g/mol. The molecule has 5 rings (SSSR count). The number of aromatic nitrogens is 3. The number of hydrogen-bond acceptors (Lipinski definition) is 7. The lowest BCUT2D eigenvalue weighted by atomic mass is 9.98. The standard InChI is InChI=1S/C23H26Cl2N6O4S/c1-36(33,34)28-17-6-5-15(24)12-16(17)23(32)30-7-3-2-4-19(30)18-13-21-26-20(25)14-22(31(21)27-18)29-8-10-35-11-9-29/h5-6,12-14,19,28H,2-4,7-11H2,1H3. The molecule has 192 valence electrons. The van der Waals surface area contributed by atoms with Crippen molar-refractivity contribution in [2.75, 3.05) is 48.7 Å². The highest BCUT2D eigenvalue weighted by molar-refractivity contribution is 7.92. The predicted octanol–water partition coefficient (Wildman–Crippen LogP) is 3.61. The van der Waals surface area contributed by atoms with Gasteiger partial charge in [-0.3, -0.25) is 9.52 Å². The Morgan fingerprint density at radius 1 is 1.11 bits per heavy atom. The fourth-order valence-electron chi connectivity index (χ4n) is 4.75. The van der Waals surface area contributed by atoms with Crippen LogP contribution < -0.4 is 9.62 Å². The van der Waals surface area contributed by atoms with Crippen molar-refractivity contribution in [3.63, 3.8) is 0 Å². The Balaban J connectivity index is 1.52. The van der Waals surface area contributed by atoms with E-state index in [0.717, 1.165) is 24.9 Å². The van der Waals surface area contributed by atoms with Crippen LogP contribution >= 0.6 is 23.2 Å². The third-order valence-electron chi connectivity index (χ3n) is 6.34. The van der Waals surface area contributed by atoms with E-state index in [0.29, 0.717) is 60.8 Å². The van der Waals surface area contributed by atoms with Crippen LogP contribution in [0.3, 0.4) is 0 Å². The van der Waals surface area contributed by atoms with Crippen LogP contribution in [0.25, 0.3) is 5.65 Å². The molecule has 1 amide bonds. The Hall–Kier alpha value is -2.60. The van der Waals surface area contributed by atoms with Gasteiger partial charge in [-0.05, 0) is 37.5 Å². The van der Waals surface area contributed by atoms with Crippen LogP contribution in [0.15, 0.2) is 30.3 Å². The van der Waals surface area contributed by atoms with E-state index in [1.165, 1.54) is 12.1 Å².